The molecule has 3 heteroatoms. The van der Waals surface area contributed by atoms with E-state index in [2.05, 4.69) is 207 Å². The van der Waals surface area contributed by atoms with Gasteiger partial charge in [0.2, 0.25) is 0 Å². The summed E-state index contributed by atoms with van der Waals surface area (Å²) in [5.41, 5.74) is 13.9. The van der Waals surface area contributed by atoms with Gasteiger partial charge < -0.3 is 9.80 Å². The number of hydrogen-bond donors (Lipinski definition) is 0. The van der Waals surface area contributed by atoms with Crippen molar-refractivity contribution < 1.29 is 0 Å². The first kappa shape index (κ1) is 42.4. The maximum absolute atomic E-state index is 4.81. The van der Waals surface area contributed by atoms with Gasteiger partial charge in [0.15, 0.2) is 0 Å². The second kappa shape index (κ2) is 21.0. The van der Waals surface area contributed by atoms with Crippen LogP contribution in [0.25, 0.3) is 27.3 Å². The summed E-state index contributed by atoms with van der Waals surface area (Å²) in [6.07, 6.45) is 38.5. The van der Waals surface area contributed by atoms with Crippen molar-refractivity contribution in [3.63, 3.8) is 0 Å². The number of thiophene rings is 1. The van der Waals surface area contributed by atoms with E-state index in [1.54, 1.807) is 6.08 Å². The Bertz CT molecular complexity index is 2660. The Balaban J connectivity index is 1.17. The van der Waals surface area contributed by atoms with Crippen LogP contribution in [0, 0.1) is 0 Å². The summed E-state index contributed by atoms with van der Waals surface area (Å²) >= 11 is 1.92. The standard InChI is InChI=1S/C58H56N2S/c1-6-9-10-11-14-26-44(4)39-40-47(8-3)46(7-2)28-25-42-59(49-29-15-12-16-30-49)50-31-23-27-48(43-50)51-32-21-22-41-60(54-35-20-19-33-52(54)45(51)5)55-36-24-38-57-58(55)53-34-17-13-18-37-56(53)61-57/h6-12,14-16,18-25,27-33,35-40,43H,1,4-5,13,17,26,34,41-42H2,2-3H3/b10-9-,14-11-,22-21-,28-25-,40-39-,46-7-,47-8+,51-32+. The molecule has 0 radical (unpaired) electrons. The van der Waals surface area contributed by atoms with Gasteiger partial charge in [0.1, 0.15) is 0 Å². The minimum Gasteiger partial charge on any atom is -0.338 e. The van der Waals surface area contributed by atoms with Crippen molar-refractivity contribution in [1.29, 1.82) is 0 Å². The molecule has 2 nitrogen and oxygen atoms in total. The fourth-order valence-electron chi connectivity index (χ4n) is 8.07. The summed E-state index contributed by atoms with van der Waals surface area (Å²) in [5, 5.41) is 1.39. The summed E-state index contributed by atoms with van der Waals surface area (Å²) < 4.78 is 1.35. The number of allylic oxidation sites excluding steroid dienone is 18. The highest BCUT2D eigenvalue weighted by Crippen LogP contribution is 2.45. The normalized spacial score (nSPS) is 16.3. The van der Waals surface area contributed by atoms with Crippen molar-refractivity contribution in [2.75, 3.05) is 22.9 Å². The molecule has 0 saturated carbocycles. The molecule has 304 valence electrons. The van der Waals surface area contributed by atoms with Crippen LogP contribution in [0.4, 0.5) is 22.7 Å². The maximum Gasteiger partial charge on any atom is 0.0505 e. The summed E-state index contributed by atoms with van der Waals surface area (Å²) in [7, 11) is 0. The lowest BCUT2D eigenvalue weighted by Crippen LogP contribution is -2.18. The molecular formula is C58H56N2S. The molecule has 0 amide bonds. The predicted molar refractivity (Wildman–Crippen MR) is 271 cm³/mol. The number of benzene rings is 4. The van der Waals surface area contributed by atoms with Crippen LogP contribution in [-0.4, -0.2) is 13.1 Å². The molecule has 1 aromatic heterocycles. The minimum atomic E-state index is 0.687. The third-order valence-corrected chi connectivity index (χ3v) is 12.3. The highest BCUT2D eigenvalue weighted by molar-refractivity contribution is 7.20. The first-order valence-corrected chi connectivity index (χ1v) is 22.2. The molecule has 4 aromatic carbocycles. The predicted octanol–water partition coefficient (Wildman–Crippen LogP) is 16.4. The molecule has 0 fully saturated rings. The molecule has 0 saturated heterocycles. The van der Waals surface area contributed by atoms with Crippen LogP contribution in [0.2, 0.25) is 0 Å². The second-order valence-electron chi connectivity index (χ2n) is 15.1. The van der Waals surface area contributed by atoms with Crippen molar-refractivity contribution in [2.24, 2.45) is 0 Å². The Morgan fingerprint density at radius 2 is 1.56 bits per heavy atom. The van der Waals surface area contributed by atoms with E-state index in [0.717, 1.165) is 76.2 Å². The molecule has 0 unspecified atom stereocenters. The van der Waals surface area contributed by atoms with Crippen LogP contribution < -0.4 is 9.80 Å². The number of anilines is 4. The molecular weight excluding hydrogens is 757 g/mol. The SMILES string of the molecule is C=C/C=C\C=C/CC(=C)\C=C/C(=C\C)C(/C=C\CN(c1ccccc1)c1cccc(/C2=C/C=C\CN(c3cccc4sc5c(c34)CCCC=C5)c3ccccc3C2=C)c1)=C\C. The molecule has 0 N–H and O–H groups in total. The molecule has 5 aromatic rings. The Labute approximate surface area is 368 Å². The van der Waals surface area contributed by atoms with Gasteiger partial charge in [-0.1, -0.05) is 171 Å². The Morgan fingerprint density at radius 3 is 2.39 bits per heavy atom. The van der Waals surface area contributed by atoms with Gasteiger partial charge in [-0.3, -0.25) is 0 Å². The van der Waals surface area contributed by atoms with Gasteiger partial charge in [0.05, 0.1) is 5.69 Å². The van der Waals surface area contributed by atoms with Gasteiger partial charge in [0.25, 0.3) is 0 Å². The van der Waals surface area contributed by atoms with Gasteiger partial charge in [-0.2, -0.15) is 0 Å². The Kier molecular flexibility index (Phi) is 14.6. The fraction of sp³-hybridized carbons (Fsp3) is 0.138. The lowest BCUT2D eigenvalue weighted by molar-refractivity contribution is 0.858. The van der Waals surface area contributed by atoms with E-state index < -0.39 is 0 Å². The Morgan fingerprint density at radius 1 is 0.787 bits per heavy atom. The van der Waals surface area contributed by atoms with E-state index in [-0.39, 0.29) is 0 Å². The highest BCUT2D eigenvalue weighted by atomic mass is 32.1. The maximum atomic E-state index is 4.81. The number of fused-ring (bicyclic) bond motifs is 4. The third kappa shape index (κ3) is 10.2. The number of rotatable bonds is 14. The molecule has 7 rings (SSSR count). The number of aryl methyl sites for hydroxylation is 1. The van der Waals surface area contributed by atoms with Gasteiger partial charge in [-0.25, -0.2) is 0 Å². The van der Waals surface area contributed by atoms with Crippen LogP contribution in [0.15, 0.2) is 225 Å². The van der Waals surface area contributed by atoms with Crippen LogP contribution in [0.3, 0.4) is 0 Å². The quantitative estimate of drug-likeness (QED) is 0.103. The van der Waals surface area contributed by atoms with E-state index in [0.29, 0.717) is 6.54 Å². The largest absolute Gasteiger partial charge is 0.338 e. The molecule has 0 bridgehead atoms. The lowest BCUT2D eigenvalue weighted by atomic mass is 9.91. The first-order valence-electron chi connectivity index (χ1n) is 21.4. The molecule has 2 heterocycles. The van der Waals surface area contributed by atoms with E-state index in [1.807, 2.05) is 29.6 Å². The van der Waals surface area contributed by atoms with Crippen molar-refractivity contribution >= 4 is 61.4 Å². The number of hydrogen-bond acceptors (Lipinski definition) is 3. The number of nitrogens with zero attached hydrogens (tertiary/aromatic N) is 2. The molecule has 2 aliphatic rings. The molecule has 0 spiro atoms. The smallest absolute Gasteiger partial charge is 0.0505 e. The van der Waals surface area contributed by atoms with E-state index in [9.17, 15) is 0 Å². The second-order valence-corrected chi connectivity index (χ2v) is 16.2. The summed E-state index contributed by atoms with van der Waals surface area (Å²) in [6, 6.07) is 35.1. The first-order chi connectivity index (χ1) is 30.0. The van der Waals surface area contributed by atoms with E-state index >= 15 is 0 Å². The van der Waals surface area contributed by atoms with Crippen LogP contribution >= 0.6 is 11.3 Å². The van der Waals surface area contributed by atoms with Crippen LogP contribution in [0.5, 0.6) is 0 Å². The summed E-state index contributed by atoms with van der Waals surface area (Å²) in [4.78, 5) is 6.26. The van der Waals surface area contributed by atoms with Crippen molar-refractivity contribution in [3.05, 3.63) is 246 Å². The third-order valence-electron chi connectivity index (χ3n) is 11.2. The van der Waals surface area contributed by atoms with Crippen molar-refractivity contribution in [3.8, 4) is 0 Å². The monoisotopic (exact) mass is 812 g/mol. The van der Waals surface area contributed by atoms with Crippen molar-refractivity contribution in [2.45, 2.75) is 39.5 Å². The average Bonchev–Trinajstić information content (AvgIpc) is 3.53. The zero-order valence-electron chi connectivity index (χ0n) is 35.6. The van der Waals surface area contributed by atoms with E-state index in [4.69, 9.17) is 6.58 Å². The molecule has 1 aliphatic heterocycles. The fourth-order valence-corrected chi connectivity index (χ4v) is 9.28. The lowest BCUT2D eigenvalue weighted by Gasteiger charge is -2.28. The summed E-state index contributed by atoms with van der Waals surface area (Å²) in [6.45, 7) is 18.4. The molecule has 61 heavy (non-hydrogen) atoms. The zero-order chi connectivity index (χ0) is 42.4. The van der Waals surface area contributed by atoms with Gasteiger partial charge in [-0.05, 0) is 121 Å². The summed E-state index contributed by atoms with van der Waals surface area (Å²) in [5.74, 6) is 0. The van der Waals surface area contributed by atoms with Gasteiger partial charge in [-0.15, -0.1) is 11.3 Å². The highest BCUT2D eigenvalue weighted by Gasteiger charge is 2.23. The van der Waals surface area contributed by atoms with Crippen LogP contribution in [-0.2, 0) is 6.42 Å². The van der Waals surface area contributed by atoms with Gasteiger partial charge in [0, 0.05) is 50.7 Å². The molecule has 0 atom stereocenters. The average molecular weight is 813 g/mol. The van der Waals surface area contributed by atoms with Crippen LogP contribution in [0.1, 0.15) is 54.7 Å². The van der Waals surface area contributed by atoms with E-state index in [1.165, 1.54) is 38.3 Å². The van der Waals surface area contributed by atoms with Gasteiger partial charge >= 0.3 is 0 Å². The minimum absolute atomic E-state index is 0.687. The topological polar surface area (TPSA) is 6.48 Å². The van der Waals surface area contributed by atoms with Crippen molar-refractivity contribution in [1.82, 2.24) is 0 Å². The number of para-hydroxylation sites is 2. The Hall–Kier alpha value is -6.68. The molecule has 1 aliphatic carbocycles. The zero-order valence-corrected chi connectivity index (χ0v) is 36.5.